The molecule has 0 unspecified atom stereocenters. The highest BCUT2D eigenvalue weighted by Gasteiger charge is 2.11. The minimum absolute atomic E-state index is 0.229. The summed E-state index contributed by atoms with van der Waals surface area (Å²) in [6.45, 7) is 0.243. The Balaban J connectivity index is 2.84. The molecule has 1 aromatic heterocycles. The van der Waals surface area contributed by atoms with Crippen molar-refractivity contribution in [1.29, 1.82) is 0 Å². The van der Waals surface area contributed by atoms with Crippen molar-refractivity contribution in [2.75, 3.05) is 0 Å². The minimum Gasteiger partial charge on any atom is -0.516 e. The van der Waals surface area contributed by atoms with Crippen molar-refractivity contribution in [3.63, 3.8) is 0 Å². The summed E-state index contributed by atoms with van der Waals surface area (Å²) < 4.78 is 1.31. The zero-order valence-electron chi connectivity index (χ0n) is 6.12. The number of hydrogen-bond acceptors (Lipinski definition) is 4. The van der Waals surface area contributed by atoms with Crippen LogP contribution in [0.1, 0.15) is 0 Å². The average Bonchev–Trinajstić information content (AvgIpc) is 2.48. The molecule has 0 saturated carbocycles. The number of aromatic nitrogens is 2. The molecule has 0 aliphatic rings. The Bertz CT molecular complexity index is 305. The van der Waals surface area contributed by atoms with Gasteiger partial charge in [-0.05, 0) is 11.0 Å². The monoisotopic (exact) mass is 169 g/mol. The lowest BCUT2D eigenvalue weighted by molar-refractivity contribution is -0.396. The summed E-state index contributed by atoms with van der Waals surface area (Å²) in [4.78, 5) is 13.2. The molecule has 64 valence electrons. The molecule has 12 heavy (non-hydrogen) atoms. The number of aliphatic hydroxyl groups excluding tert-OH is 1. The highest BCUT2D eigenvalue weighted by atomic mass is 16.6. The van der Waals surface area contributed by atoms with Crippen molar-refractivity contribution in [3.05, 3.63) is 34.8 Å². The van der Waals surface area contributed by atoms with Gasteiger partial charge < -0.3 is 15.2 Å². The molecule has 1 rings (SSSR count). The van der Waals surface area contributed by atoms with E-state index in [1.54, 1.807) is 0 Å². The van der Waals surface area contributed by atoms with Crippen LogP contribution in [-0.2, 0) is 6.54 Å². The van der Waals surface area contributed by atoms with Gasteiger partial charge in [0.1, 0.15) is 12.4 Å². The van der Waals surface area contributed by atoms with Crippen LogP contribution in [0.3, 0.4) is 0 Å². The average molecular weight is 169 g/mol. The Morgan fingerprint density at radius 2 is 2.58 bits per heavy atom. The van der Waals surface area contributed by atoms with Gasteiger partial charge in [0.2, 0.25) is 0 Å². The Kier molecular flexibility index (Phi) is 2.42. The number of aliphatic hydroxyl groups is 1. The van der Waals surface area contributed by atoms with Crippen LogP contribution in [0.25, 0.3) is 0 Å². The van der Waals surface area contributed by atoms with Crippen LogP contribution in [0, 0.1) is 10.1 Å². The van der Waals surface area contributed by atoms with Gasteiger partial charge in [0.25, 0.3) is 0 Å². The molecule has 0 spiro atoms. The summed E-state index contributed by atoms with van der Waals surface area (Å²) in [5, 5.41) is 18.6. The first-order valence-corrected chi connectivity index (χ1v) is 3.20. The first-order chi connectivity index (χ1) is 5.75. The van der Waals surface area contributed by atoms with Crippen LogP contribution in [0.4, 0.5) is 5.95 Å². The van der Waals surface area contributed by atoms with Gasteiger partial charge in [-0.2, -0.15) is 0 Å². The molecular formula is C6H7N3O3. The van der Waals surface area contributed by atoms with Gasteiger partial charge in [-0.15, -0.1) is 0 Å². The molecule has 0 atom stereocenters. The third-order valence-corrected chi connectivity index (χ3v) is 1.26. The van der Waals surface area contributed by atoms with E-state index < -0.39 is 4.92 Å². The maximum Gasteiger partial charge on any atom is 0.434 e. The number of nitrogens with zero attached hydrogens (tertiary/aromatic N) is 3. The number of allylic oxidation sites excluding steroid dienone is 1. The molecule has 1 aromatic rings. The van der Waals surface area contributed by atoms with E-state index in [9.17, 15) is 10.1 Å². The first kappa shape index (κ1) is 8.25. The van der Waals surface area contributed by atoms with Gasteiger partial charge in [-0.1, -0.05) is 4.98 Å². The number of nitro groups is 1. The normalized spacial score (nSPS) is 10.7. The zero-order chi connectivity index (χ0) is 8.97. The summed E-state index contributed by atoms with van der Waals surface area (Å²) in [6, 6.07) is 0. The first-order valence-electron chi connectivity index (χ1n) is 3.20. The summed E-state index contributed by atoms with van der Waals surface area (Å²) in [6.07, 6.45) is 5.03. The molecule has 0 bridgehead atoms. The number of rotatable bonds is 3. The molecule has 0 aromatic carbocycles. The Hall–Kier alpha value is -1.85. The molecule has 0 saturated heterocycles. The van der Waals surface area contributed by atoms with Crippen LogP contribution in [0.5, 0.6) is 0 Å². The van der Waals surface area contributed by atoms with Crippen molar-refractivity contribution in [2.45, 2.75) is 6.54 Å². The quantitative estimate of drug-likeness (QED) is 0.413. The van der Waals surface area contributed by atoms with E-state index in [0.29, 0.717) is 0 Å². The standard InChI is InChI=1S/C6H7N3O3/c10-5-1-3-8-4-2-7-6(8)9(11)12/h1-2,4-5,10H,3H2. The minimum atomic E-state index is -0.578. The van der Waals surface area contributed by atoms with Crippen LogP contribution in [0.2, 0.25) is 0 Å². The summed E-state index contributed by atoms with van der Waals surface area (Å²) in [5.41, 5.74) is 0. The fourth-order valence-electron chi connectivity index (χ4n) is 0.777. The van der Waals surface area contributed by atoms with E-state index >= 15 is 0 Å². The fourth-order valence-corrected chi connectivity index (χ4v) is 0.777. The van der Waals surface area contributed by atoms with Gasteiger partial charge in [0.05, 0.1) is 12.8 Å². The fraction of sp³-hybridized carbons (Fsp3) is 0.167. The van der Waals surface area contributed by atoms with E-state index in [-0.39, 0.29) is 12.5 Å². The third kappa shape index (κ3) is 1.60. The highest BCUT2D eigenvalue weighted by molar-refractivity contribution is 5.07. The van der Waals surface area contributed by atoms with Crippen molar-refractivity contribution in [3.8, 4) is 0 Å². The predicted molar refractivity (Wildman–Crippen MR) is 40.7 cm³/mol. The van der Waals surface area contributed by atoms with Crippen LogP contribution in [0.15, 0.2) is 24.7 Å². The Morgan fingerprint density at radius 1 is 1.83 bits per heavy atom. The number of imidazole rings is 1. The summed E-state index contributed by atoms with van der Waals surface area (Å²) in [5.74, 6) is -0.229. The summed E-state index contributed by atoms with van der Waals surface area (Å²) >= 11 is 0. The third-order valence-electron chi connectivity index (χ3n) is 1.26. The van der Waals surface area contributed by atoms with Gasteiger partial charge >= 0.3 is 5.95 Å². The molecule has 0 fully saturated rings. The second-order valence-corrected chi connectivity index (χ2v) is 2.02. The molecule has 1 heterocycles. The van der Waals surface area contributed by atoms with E-state index in [4.69, 9.17) is 5.11 Å². The Labute approximate surface area is 67.9 Å². The molecule has 6 heteroatoms. The highest BCUT2D eigenvalue weighted by Crippen LogP contribution is 2.06. The molecular weight excluding hydrogens is 162 g/mol. The van der Waals surface area contributed by atoms with Crippen molar-refractivity contribution < 1.29 is 10.0 Å². The molecule has 0 aliphatic carbocycles. The topological polar surface area (TPSA) is 81.2 Å². The molecule has 0 aliphatic heterocycles. The van der Waals surface area contributed by atoms with Crippen molar-refractivity contribution >= 4 is 5.95 Å². The smallest absolute Gasteiger partial charge is 0.434 e. The SMILES string of the molecule is O=[N+]([O-])c1nccn1CC=CO. The molecule has 0 radical (unpaired) electrons. The lowest BCUT2D eigenvalue weighted by atomic mass is 10.6. The predicted octanol–water partition coefficient (Wildman–Crippen LogP) is 0.863. The van der Waals surface area contributed by atoms with Crippen LogP contribution in [-0.4, -0.2) is 19.6 Å². The Morgan fingerprint density at radius 3 is 3.17 bits per heavy atom. The van der Waals surface area contributed by atoms with E-state index in [1.807, 2.05) is 0 Å². The molecule has 0 amide bonds. The number of hydrogen-bond donors (Lipinski definition) is 1. The van der Waals surface area contributed by atoms with Gasteiger partial charge in [0, 0.05) is 0 Å². The molecule has 1 N–H and O–H groups in total. The van der Waals surface area contributed by atoms with E-state index in [1.165, 1.54) is 23.0 Å². The van der Waals surface area contributed by atoms with Gasteiger partial charge in [-0.25, -0.2) is 4.57 Å². The lowest BCUT2D eigenvalue weighted by Gasteiger charge is -1.95. The van der Waals surface area contributed by atoms with E-state index in [2.05, 4.69) is 4.98 Å². The lowest BCUT2D eigenvalue weighted by Crippen LogP contribution is -2.01. The maximum atomic E-state index is 10.3. The second-order valence-electron chi connectivity index (χ2n) is 2.02. The summed E-state index contributed by atoms with van der Waals surface area (Å²) in [7, 11) is 0. The van der Waals surface area contributed by atoms with E-state index in [0.717, 1.165) is 6.26 Å². The van der Waals surface area contributed by atoms with Crippen LogP contribution >= 0.6 is 0 Å². The van der Waals surface area contributed by atoms with Gasteiger partial charge in [-0.3, -0.25) is 0 Å². The molecule has 6 nitrogen and oxygen atoms in total. The zero-order valence-corrected chi connectivity index (χ0v) is 6.12. The largest absolute Gasteiger partial charge is 0.516 e. The van der Waals surface area contributed by atoms with Gasteiger partial charge in [0.15, 0.2) is 0 Å². The van der Waals surface area contributed by atoms with Crippen LogP contribution < -0.4 is 0 Å². The second kappa shape index (κ2) is 3.51. The maximum absolute atomic E-state index is 10.3. The van der Waals surface area contributed by atoms with Crippen molar-refractivity contribution in [1.82, 2.24) is 9.55 Å². The van der Waals surface area contributed by atoms with Crippen molar-refractivity contribution in [2.24, 2.45) is 0 Å².